The highest BCUT2D eigenvalue weighted by Gasteiger charge is 2.12. The summed E-state index contributed by atoms with van der Waals surface area (Å²) in [7, 11) is 0. The van der Waals surface area contributed by atoms with Crippen molar-refractivity contribution in [3.63, 3.8) is 0 Å². The van der Waals surface area contributed by atoms with E-state index in [1.165, 1.54) is 6.92 Å². The summed E-state index contributed by atoms with van der Waals surface area (Å²) in [6, 6.07) is -0.373. The highest BCUT2D eigenvalue weighted by molar-refractivity contribution is 5.81. The molecule has 52 valence electrons. The Morgan fingerprint density at radius 3 is 2.33 bits per heavy atom. The number of hydrogen-bond acceptors (Lipinski definition) is 2. The Bertz CT molecular complexity index is 120. The molecule has 0 unspecified atom stereocenters. The van der Waals surface area contributed by atoms with Crippen molar-refractivity contribution in [2.45, 2.75) is 19.9 Å². The second-order valence-corrected chi connectivity index (χ2v) is 2.23. The van der Waals surface area contributed by atoms with Gasteiger partial charge in [-0.15, -0.1) is 6.58 Å². The van der Waals surface area contributed by atoms with Crippen molar-refractivity contribution >= 4 is 5.78 Å². The molecule has 0 bridgehead atoms. The van der Waals surface area contributed by atoms with Gasteiger partial charge in [0.25, 0.3) is 0 Å². The summed E-state index contributed by atoms with van der Waals surface area (Å²) < 4.78 is 0. The molecule has 2 heteroatoms. The molecule has 0 radical (unpaired) electrons. The Balaban J connectivity index is 3.86. The largest absolute Gasteiger partial charge is 0.321 e. The van der Waals surface area contributed by atoms with Gasteiger partial charge in [0, 0.05) is 0 Å². The van der Waals surface area contributed by atoms with Crippen LogP contribution in [0.15, 0.2) is 12.7 Å². The molecule has 0 heterocycles. The first-order chi connectivity index (χ1) is 4.09. The fourth-order valence-corrected chi connectivity index (χ4v) is 0.517. The maximum absolute atomic E-state index is 10.6. The molecule has 0 amide bonds. The molecular formula is C7H13NO. The number of Topliss-reactive ketones (excluding diaryl/α,β-unsaturated/α-hetero) is 1. The Labute approximate surface area is 55.7 Å². The van der Waals surface area contributed by atoms with E-state index in [1.54, 1.807) is 6.08 Å². The maximum atomic E-state index is 10.6. The first-order valence-electron chi connectivity index (χ1n) is 2.98. The third-order valence-electron chi connectivity index (χ3n) is 1.41. The monoisotopic (exact) mass is 127 g/mol. The van der Waals surface area contributed by atoms with Crippen LogP contribution in [0.5, 0.6) is 0 Å². The van der Waals surface area contributed by atoms with Crippen LogP contribution in [-0.4, -0.2) is 11.8 Å². The minimum Gasteiger partial charge on any atom is -0.321 e. The van der Waals surface area contributed by atoms with Crippen molar-refractivity contribution in [3.05, 3.63) is 12.7 Å². The van der Waals surface area contributed by atoms with Gasteiger partial charge in [-0.2, -0.15) is 0 Å². The fourth-order valence-electron chi connectivity index (χ4n) is 0.517. The quantitative estimate of drug-likeness (QED) is 0.568. The number of hydrogen-bond donors (Lipinski definition) is 1. The SMILES string of the molecule is C=C[C@H](C)[C@H](N)C(C)=O. The van der Waals surface area contributed by atoms with Gasteiger partial charge >= 0.3 is 0 Å². The second-order valence-electron chi connectivity index (χ2n) is 2.23. The predicted molar refractivity (Wildman–Crippen MR) is 38.0 cm³/mol. The summed E-state index contributed by atoms with van der Waals surface area (Å²) in [6.07, 6.45) is 1.69. The molecule has 2 N–H and O–H groups in total. The van der Waals surface area contributed by atoms with Crippen LogP contribution in [0, 0.1) is 5.92 Å². The van der Waals surface area contributed by atoms with Gasteiger partial charge in [-0.05, 0) is 12.8 Å². The van der Waals surface area contributed by atoms with Crippen LogP contribution in [0.2, 0.25) is 0 Å². The molecule has 9 heavy (non-hydrogen) atoms. The zero-order valence-electron chi connectivity index (χ0n) is 5.92. The molecule has 0 fully saturated rings. The van der Waals surface area contributed by atoms with Crippen LogP contribution in [0.4, 0.5) is 0 Å². The van der Waals surface area contributed by atoms with E-state index in [4.69, 9.17) is 5.73 Å². The molecular weight excluding hydrogens is 114 g/mol. The summed E-state index contributed by atoms with van der Waals surface area (Å²) in [6.45, 7) is 6.90. The number of carbonyl (C=O) groups is 1. The number of nitrogens with two attached hydrogens (primary N) is 1. The van der Waals surface area contributed by atoms with Crippen LogP contribution in [0.3, 0.4) is 0 Å². The van der Waals surface area contributed by atoms with Crippen LogP contribution < -0.4 is 5.73 Å². The summed E-state index contributed by atoms with van der Waals surface area (Å²) >= 11 is 0. The standard InChI is InChI=1S/C7H13NO/c1-4-5(2)7(8)6(3)9/h4-5,7H,1,8H2,2-3H3/t5-,7-/m0/s1. The van der Waals surface area contributed by atoms with Crippen LogP contribution >= 0.6 is 0 Å². The molecule has 0 aliphatic rings. The average molecular weight is 127 g/mol. The Hall–Kier alpha value is -0.630. The van der Waals surface area contributed by atoms with Gasteiger partial charge in [0.15, 0.2) is 0 Å². The lowest BCUT2D eigenvalue weighted by Gasteiger charge is -2.11. The first kappa shape index (κ1) is 8.37. The molecule has 0 aliphatic heterocycles. The molecule has 0 aromatic carbocycles. The van der Waals surface area contributed by atoms with Crippen molar-refractivity contribution in [2.24, 2.45) is 11.7 Å². The number of rotatable bonds is 3. The van der Waals surface area contributed by atoms with Crippen molar-refractivity contribution < 1.29 is 4.79 Å². The van der Waals surface area contributed by atoms with Gasteiger partial charge < -0.3 is 5.73 Å². The lowest BCUT2D eigenvalue weighted by Crippen LogP contribution is -2.33. The number of carbonyl (C=O) groups excluding carboxylic acids is 1. The minimum absolute atomic E-state index is 0.0161. The second kappa shape index (κ2) is 3.41. The van der Waals surface area contributed by atoms with Gasteiger partial charge in [-0.25, -0.2) is 0 Å². The van der Waals surface area contributed by atoms with E-state index in [2.05, 4.69) is 6.58 Å². The van der Waals surface area contributed by atoms with Crippen molar-refractivity contribution in [1.29, 1.82) is 0 Å². The Morgan fingerprint density at radius 2 is 2.22 bits per heavy atom. The van der Waals surface area contributed by atoms with Gasteiger partial charge in [0.2, 0.25) is 0 Å². The van der Waals surface area contributed by atoms with E-state index in [0.717, 1.165) is 0 Å². The van der Waals surface area contributed by atoms with Gasteiger partial charge in [0.05, 0.1) is 6.04 Å². The molecule has 2 atom stereocenters. The average Bonchev–Trinajstić information content (AvgIpc) is 1.84. The van der Waals surface area contributed by atoms with Crippen molar-refractivity contribution in [3.8, 4) is 0 Å². The summed E-state index contributed by atoms with van der Waals surface area (Å²) in [5.74, 6) is 0.102. The highest BCUT2D eigenvalue weighted by atomic mass is 16.1. The minimum atomic E-state index is -0.373. The highest BCUT2D eigenvalue weighted by Crippen LogP contribution is 2.00. The van der Waals surface area contributed by atoms with Gasteiger partial charge in [-0.1, -0.05) is 13.0 Å². The normalized spacial score (nSPS) is 16.3. The van der Waals surface area contributed by atoms with E-state index in [0.29, 0.717) is 0 Å². The Kier molecular flexibility index (Phi) is 3.17. The molecule has 0 saturated carbocycles. The zero-order valence-corrected chi connectivity index (χ0v) is 5.92. The van der Waals surface area contributed by atoms with Crippen LogP contribution in [0.1, 0.15) is 13.8 Å². The number of ketones is 1. The summed E-state index contributed by atoms with van der Waals surface area (Å²) in [5, 5.41) is 0. The fraction of sp³-hybridized carbons (Fsp3) is 0.571. The topological polar surface area (TPSA) is 43.1 Å². The van der Waals surface area contributed by atoms with Crippen LogP contribution in [0.25, 0.3) is 0 Å². The third-order valence-corrected chi connectivity index (χ3v) is 1.41. The van der Waals surface area contributed by atoms with E-state index in [-0.39, 0.29) is 17.7 Å². The molecule has 0 rings (SSSR count). The summed E-state index contributed by atoms with van der Waals surface area (Å²) in [5.41, 5.74) is 5.45. The van der Waals surface area contributed by atoms with Crippen LogP contribution in [-0.2, 0) is 4.79 Å². The summed E-state index contributed by atoms with van der Waals surface area (Å²) in [4.78, 5) is 10.6. The van der Waals surface area contributed by atoms with Crippen molar-refractivity contribution in [2.75, 3.05) is 0 Å². The predicted octanol–water partition coefficient (Wildman–Crippen LogP) is 0.725. The van der Waals surface area contributed by atoms with E-state index >= 15 is 0 Å². The van der Waals surface area contributed by atoms with E-state index < -0.39 is 0 Å². The lowest BCUT2D eigenvalue weighted by molar-refractivity contribution is -0.118. The molecule has 0 spiro atoms. The molecule has 0 aliphatic carbocycles. The Morgan fingerprint density at radius 1 is 1.78 bits per heavy atom. The van der Waals surface area contributed by atoms with Crippen molar-refractivity contribution in [1.82, 2.24) is 0 Å². The molecule has 0 aromatic heterocycles. The lowest BCUT2D eigenvalue weighted by atomic mass is 10.0. The van der Waals surface area contributed by atoms with Gasteiger partial charge in [-0.3, -0.25) is 4.79 Å². The molecule has 2 nitrogen and oxygen atoms in total. The maximum Gasteiger partial charge on any atom is 0.147 e. The smallest absolute Gasteiger partial charge is 0.147 e. The molecule has 0 saturated heterocycles. The van der Waals surface area contributed by atoms with E-state index in [1.807, 2.05) is 6.92 Å². The third kappa shape index (κ3) is 2.42. The molecule has 0 aromatic rings. The van der Waals surface area contributed by atoms with Gasteiger partial charge in [0.1, 0.15) is 5.78 Å². The first-order valence-corrected chi connectivity index (χ1v) is 2.98. The zero-order chi connectivity index (χ0) is 7.44. The van der Waals surface area contributed by atoms with E-state index in [9.17, 15) is 4.79 Å².